The Morgan fingerprint density at radius 1 is 1.14 bits per heavy atom. The zero-order valence-corrected chi connectivity index (χ0v) is 16.1. The highest BCUT2D eigenvalue weighted by Gasteiger charge is 2.23. The van der Waals surface area contributed by atoms with Crippen molar-refractivity contribution in [3.63, 3.8) is 0 Å². The summed E-state index contributed by atoms with van der Waals surface area (Å²) in [5.74, 6) is 1.81. The van der Waals surface area contributed by atoms with Gasteiger partial charge in [-0.15, -0.1) is 0 Å². The molecule has 1 aliphatic heterocycles. The van der Waals surface area contributed by atoms with Crippen molar-refractivity contribution in [2.24, 2.45) is 0 Å². The van der Waals surface area contributed by atoms with Crippen molar-refractivity contribution in [1.29, 1.82) is 5.26 Å². The molecule has 1 aromatic heterocycles. The van der Waals surface area contributed by atoms with Crippen LogP contribution in [0.25, 0.3) is 0 Å². The lowest BCUT2D eigenvalue weighted by Crippen LogP contribution is -2.17. The average molecular weight is 384 g/mol. The number of pyridine rings is 1. The van der Waals surface area contributed by atoms with Crippen molar-refractivity contribution < 1.29 is 14.3 Å². The fraction of sp³-hybridized carbons (Fsp3) is 0.208. The zero-order chi connectivity index (χ0) is 20.2. The van der Waals surface area contributed by atoms with E-state index in [9.17, 15) is 4.79 Å². The van der Waals surface area contributed by atoms with Crippen molar-refractivity contribution in [2.45, 2.75) is 26.2 Å². The molecule has 0 fully saturated rings. The quantitative estimate of drug-likeness (QED) is 0.628. The number of ether oxygens (including phenoxy) is 2. The van der Waals surface area contributed by atoms with E-state index in [0.717, 1.165) is 23.1 Å². The van der Waals surface area contributed by atoms with Crippen LogP contribution in [0.15, 0.2) is 54.7 Å². The molecule has 0 saturated heterocycles. The molecule has 0 unspecified atom stereocenters. The molecule has 0 N–H and O–H groups in total. The number of hydrogen-bond donors (Lipinski definition) is 0. The molecule has 0 saturated carbocycles. The lowest BCUT2D eigenvalue weighted by Gasteiger charge is -2.20. The standard InChI is InChI=1S/C24H20N2O3/c1-2-19-13-20(14-22-24(19)21(27)8-10-28-22)29-23-12-18(7-9-26-23)11-16-3-5-17(15-25)6-4-16/h3-7,9,12-14H,2,8,10-11H2,1H3. The van der Waals surface area contributed by atoms with Crippen LogP contribution in [0.1, 0.15) is 46.0 Å². The summed E-state index contributed by atoms with van der Waals surface area (Å²) in [5.41, 5.74) is 4.41. The van der Waals surface area contributed by atoms with E-state index in [-0.39, 0.29) is 5.78 Å². The molecule has 29 heavy (non-hydrogen) atoms. The van der Waals surface area contributed by atoms with Gasteiger partial charge >= 0.3 is 0 Å². The van der Waals surface area contributed by atoms with Gasteiger partial charge in [-0.1, -0.05) is 19.1 Å². The van der Waals surface area contributed by atoms with Crippen molar-refractivity contribution in [1.82, 2.24) is 4.98 Å². The smallest absolute Gasteiger partial charge is 0.219 e. The Kier molecular flexibility index (Phi) is 5.26. The SMILES string of the molecule is CCc1cc(Oc2cc(Cc3ccc(C#N)cc3)ccn2)cc2c1C(=O)CCO2. The minimum absolute atomic E-state index is 0.122. The van der Waals surface area contributed by atoms with Gasteiger partial charge in [0.15, 0.2) is 5.78 Å². The van der Waals surface area contributed by atoms with Crippen LogP contribution >= 0.6 is 0 Å². The minimum Gasteiger partial charge on any atom is -0.492 e. The van der Waals surface area contributed by atoms with Gasteiger partial charge in [-0.05, 0) is 53.8 Å². The van der Waals surface area contributed by atoms with E-state index in [1.54, 1.807) is 12.3 Å². The van der Waals surface area contributed by atoms with Gasteiger partial charge in [-0.2, -0.15) is 5.26 Å². The monoisotopic (exact) mass is 384 g/mol. The van der Waals surface area contributed by atoms with Crippen LogP contribution in [0.2, 0.25) is 0 Å². The summed E-state index contributed by atoms with van der Waals surface area (Å²) in [6.07, 6.45) is 3.57. The third-order valence-corrected chi connectivity index (χ3v) is 4.92. The molecule has 0 atom stereocenters. The van der Waals surface area contributed by atoms with E-state index < -0.39 is 0 Å². The van der Waals surface area contributed by atoms with E-state index >= 15 is 0 Å². The third kappa shape index (κ3) is 4.12. The third-order valence-electron chi connectivity index (χ3n) is 4.92. The molecule has 0 amide bonds. The van der Waals surface area contributed by atoms with Crippen molar-refractivity contribution in [3.8, 4) is 23.4 Å². The van der Waals surface area contributed by atoms with Gasteiger partial charge in [-0.3, -0.25) is 4.79 Å². The highest BCUT2D eigenvalue weighted by molar-refractivity contribution is 6.01. The molecule has 0 spiro atoms. The number of nitriles is 1. The van der Waals surface area contributed by atoms with E-state index in [4.69, 9.17) is 14.7 Å². The van der Waals surface area contributed by atoms with Crippen molar-refractivity contribution >= 4 is 5.78 Å². The molecular weight excluding hydrogens is 364 g/mol. The second kappa shape index (κ2) is 8.15. The van der Waals surface area contributed by atoms with Crippen molar-refractivity contribution in [3.05, 3.63) is 82.5 Å². The Balaban J connectivity index is 1.56. The molecule has 0 radical (unpaired) electrons. The van der Waals surface area contributed by atoms with E-state index in [1.807, 2.05) is 49.4 Å². The average Bonchev–Trinajstić information content (AvgIpc) is 2.74. The maximum atomic E-state index is 12.2. The van der Waals surface area contributed by atoms with Gasteiger partial charge in [0.1, 0.15) is 11.5 Å². The number of carbonyl (C=O) groups excluding carboxylic acids is 1. The molecule has 5 nitrogen and oxygen atoms in total. The van der Waals surface area contributed by atoms with Crippen LogP contribution in [0.4, 0.5) is 0 Å². The van der Waals surface area contributed by atoms with E-state index in [1.165, 1.54) is 0 Å². The molecule has 0 bridgehead atoms. The summed E-state index contributed by atoms with van der Waals surface area (Å²) >= 11 is 0. The van der Waals surface area contributed by atoms with Gasteiger partial charge in [0.25, 0.3) is 0 Å². The molecule has 5 heteroatoms. The first kappa shape index (κ1) is 18.7. The number of benzene rings is 2. The second-order valence-electron chi connectivity index (χ2n) is 6.92. The number of rotatable bonds is 5. The predicted octanol–water partition coefficient (Wildman–Crippen LogP) is 4.86. The Bertz CT molecular complexity index is 1080. The first-order chi connectivity index (χ1) is 14.2. The summed E-state index contributed by atoms with van der Waals surface area (Å²) in [5, 5.41) is 8.92. The molecular formula is C24H20N2O3. The fourth-order valence-electron chi connectivity index (χ4n) is 3.46. The molecule has 1 aliphatic rings. The minimum atomic E-state index is 0.122. The summed E-state index contributed by atoms with van der Waals surface area (Å²) in [4.78, 5) is 16.6. The van der Waals surface area contributed by atoms with E-state index in [2.05, 4.69) is 11.1 Å². The van der Waals surface area contributed by atoms with Crippen LogP contribution in [0.5, 0.6) is 17.4 Å². The summed E-state index contributed by atoms with van der Waals surface area (Å²) in [7, 11) is 0. The Labute approximate surface area is 169 Å². The first-order valence-electron chi connectivity index (χ1n) is 9.61. The van der Waals surface area contributed by atoms with Crippen LogP contribution in [-0.4, -0.2) is 17.4 Å². The Hall–Kier alpha value is -3.65. The second-order valence-corrected chi connectivity index (χ2v) is 6.92. The van der Waals surface area contributed by atoms with Crippen LogP contribution < -0.4 is 9.47 Å². The van der Waals surface area contributed by atoms with Crippen LogP contribution in [0.3, 0.4) is 0 Å². The number of ketones is 1. The van der Waals surface area contributed by atoms with Crippen molar-refractivity contribution in [2.75, 3.05) is 6.61 Å². The van der Waals surface area contributed by atoms with Gasteiger partial charge in [0, 0.05) is 24.8 Å². The molecule has 4 rings (SSSR count). The number of hydrogen-bond acceptors (Lipinski definition) is 5. The number of Topliss-reactive ketones (excluding diaryl/α,β-unsaturated/α-hetero) is 1. The Morgan fingerprint density at radius 2 is 1.97 bits per heavy atom. The van der Waals surface area contributed by atoms with Crippen LogP contribution in [0, 0.1) is 11.3 Å². The topological polar surface area (TPSA) is 72.2 Å². The number of carbonyl (C=O) groups is 1. The summed E-state index contributed by atoms with van der Waals surface area (Å²) < 4.78 is 11.7. The van der Waals surface area contributed by atoms with E-state index in [0.29, 0.717) is 48.0 Å². The van der Waals surface area contributed by atoms with Gasteiger partial charge in [0.2, 0.25) is 5.88 Å². The molecule has 2 aromatic carbocycles. The first-order valence-corrected chi connectivity index (χ1v) is 9.61. The normalized spacial score (nSPS) is 12.6. The maximum absolute atomic E-state index is 12.2. The highest BCUT2D eigenvalue weighted by Crippen LogP contribution is 2.34. The van der Waals surface area contributed by atoms with Crippen LogP contribution in [-0.2, 0) is 12.8 Å². The maximum Gasteiger partial charge on any atom is 0.219 e. The number of aryl methyl sites for hydroxylation is 1. The molecule has 0 aliphatic carbocycles. The predicted molar refractivity (Wildman–Crippen MR) is 109 cm³/mol. The number of fused-ring (bicyclic) bond motifs is 1. The van der Waals surface area contributed by atoms with Gasteiger partial charge in [0.05, 0.1) is 23.8 Å². The largest absolute Gasteiger partial charge is 0.492 e. The number of nitrogens with zero attached hydrogens (tertiary/aromatic N) is 2. The lowest BCUT2D eigenvalue weighted by atomic mass is 9.97. The lowest BCUT2D eigenvalue weighted by molar-refractivity contribution is 0.0932. The molecule has 3 aromatic rings. The molecule has 144 valence electrons. The van der Waals surface area contributed by atoms with Gasteiger partial charge in [-0.25, -0.2) is 4.98 Å². The Morgan fingerprint density at radius 3 is 2.72 bits per heavy atom. The zero-order valence-electron chi connectivity index (χ0n) is 16.1. The number of aromatic nitrogens is 1. The highest BCUT2D eigenvalue weighted by atomic mass is 16.5. The fourth-order valence-corrected chi connectivity index (χ4v) is 3.46. The summed E-state index contributed by atoms with van der Waals surface area (Å²) in [6.45, 7) is 2.41. The summed E-state index contributed by atoms with van der Waals surface area (Å²) in [6, 6.07) is 17.1. The van der Waals surface area contributed by atoms with Gasteiger partial charge < -0.3 is 9.47 Å². The molecule has 2 heterocycles.